The Hall–Kier alpha value is -3.72. The van der Waals surface area contributed by atoms with Crippen LogP contribution < -0.4 is 24.2 Å². The number of sulfonamides is 1. The van der Waals surface area contributed by atoms with Crippen molar-refractivity contribution >= 4 is 21.6 Å². The van der Waals surface area contributed by atoms with Gasteiger partial charge in [-0.15, -0.1) is 0 Å². The molecule has 35 heavy (non-hydrogen) atoms. The van der Waals surface area contributed by atoms with Gasteiger partial charge in [0.1, 0.15) is 19.0 Å². The minimum Gasteiger partial charge on any atom is -0.491 e. The molecule has 4 rings (SSSR count). The van der Waals surface area contributed by atoms with Crippen LogP contribution in [0.3, 0.4) is 0 Å². The minimum absolute atomic E-state index is 0.0576. The summed E-state index contributed by atoms with van der Waals surface area (Å²) in [7, 11) is -3.84. The van der Waals surface area contributed by atoms with Gasteiger partial charge in [-0.05, 0) is 74.9 Å². The summed E-state index contributed by atoms with van der Waals surface area (Å²) in [4.78, 5) is 12.8. The highest BCUT2D eigenvalue weighted by atomic mass is 32.2. The number of benzene rings is 3. The van der Waals surface area contributed by atoms with Gasteiger partial charge in [-0.2, -0.15) is 0 Å². The molecule has 0 radical (unpaired) electrons. The van der Waals surface area contributed by atoms with Crippen molar-refractivity contribution in [3.63, 3.8) is 0 Å². The summed E-state index contributed by atoms with van der Waals surface area (Å²) >= 11 is 0. The fraction of sp³-hybridized carbons (Fsp3) is 0.269. The Bertz CT molecular complexity index is 1290. The summed E-state index contributed by atoms with van der Waals surface area (Å²) in [6, 6.07) is 18.1. The molecule has 0 aliphatic carbocycles. The third kappa shape index (κ3) is 6.05. The van der Waals surface area contributed by atoms with Gasteiger partial charge >= 0.3 is 0 Å². The smallest absolute Gasteiger partial charge is 0.262 e. The normalized spacial score (nSPS) is 13.7. The standard InChI is InChI=1S/C26H28N2O6S/c1-17(2)34-22-10-6-19(7-11-22)18(3)27-26(29)20-4-8-21(9-5-20)28-35(30,31)23-12-13-24-25(16-23)33-15-14-32-24/h4-13,16-18,28H,14-15H2,1-3H3,(H,27,29). The maximum atomic E-state index is 12.8. The number of ether oxygens (including phenoxy) is 3. The maximum Gasteiger partial charge on any atom is 0.262 e. The van der Waals surface area contributed by atoms with Crippen LogP contribution in [0.2, 0.25) is 0 Å². The molecular weight excluding hydrogens is 468 g/mol. The van der Waals surface area contributed by atoms with Crippen LogP contribution in [0.5, 0.6) is 17.2 Å². The molecule has 0 aromatic heterocycles. The fourth-order valence-electron chi connectivity index (χ4n) is 3.57. The zero-order valence-electron chi connectivity index (χ0n) is 19.8. The van der Waals surface area contributed by atoms with Crippen molar-refractivity contribution in [3.8, 4) is 17.2 Å². The van der Waals surface area contributed by atoms with E-state index in [0.717, 1.165) is 11.3 Å². The van der Waals surface area contributed by atoms with Crippen molar-refractivity contribution in [2.24, 2.45) is 0 Å². The molecule has 1 aliphatic heterocycles. The van der Waals surface area contributed by atoms with Gasteiger partial charge in [0.25, 0.3) is 15.9 Å². The average Bonchev–Trinajstić information content (AvgIpc) is 2.84. The second-order valence-corrected chi connectivity index (χ2v) is 10.1. The molecule has 0 spiro atoms. The fourth-order valence-corrected chi connectivity index (χ4v) is 4.64. The number of carbonyl (C=O) groups excluding carboxylic acids is 1. The minimum atomic E-state index is -3.84. The highest BCUT2D eigenvalue weighted by molar-refractivity contribution is 7.92. The number of fused-ring (bicyclic) bond motifs is 1. The number of rotatable bonds is 8. The van der Waals surface area contributed by atoms with Crippen LogP contribution in [0.1, 0.15) is 42.7 Å². The predicted octanol–water partition coefficient (Wildman–Crippen LogP) is 4.54. The monoisotopic (exact) mass is 496 g/mol. The van der Waals surface area contributed by atoms with Gasteiger partial charge in [-0.3, -0.25) is 9.52 Å². The summed E-state index contributed by atoms with van der Waals surface area (Å²) in [5.74, 6) is 1.42. The van der Waals surface area contributed by atoms with Crippen LogP contribution in [-0.4, -0.2) is 33.6 Å². The topological polar surface area (TPSA) is 103 Å². The molecule has 1 aliphatic rings. The Morgan fingerprint density at radius 2 is 1.54 bits per heavy atom. The van der Waals surface area contributed by atoms with E-state index in [1.165, 1.54) is 12.1 Å². The third-order valence-electron chi connectivity index (χ3n) is 5.32. The van der Waals surface area contributed by atoms with Crippen molar-refractivity contribution in [2.75, 3.05) is 17.9 Å². The first-order valence-corrected chi connectivity index (χ1v) is 12.8. The molecule has 1 heterocycles. The van der Waals surface area contributed by atoms with E-state index in [1.807, 2.05) is 45.0 Å². The summed E-state index contributed by atoms with van der Waals surface area (Å²) in [6.45, 7) is 6.61. The van der Waals surface area contributed by atoms with Gasteiger partial charge in [-0.25, -0.2) is 8.42 Å². The summed E-state index contributed by atoms with van der Waals surface area (Å²) in [5, 5.41) is 2.95. The Balaban J connectivity index is 1.38. The Labute approximate surface area is 205 Å². The lowest BCUT2D eigenvalue weighted by atomic mass is 10.1. The zero-order chi connectivity index (χ0) is 25.0. The molecule has 1 unspecified atom stereocenters. The number of carbonyl (C=O) groups is 1. The third-order valence-corrected chi connectivity index (χ3v) is 6.70. The molecule has 0 saturated heterocycles. The van der Waals surface area contributed by atoms with E-state index in [1.54, 1.807) is 30.3 Å². The molecule has 0 fully saturated rings. The van der Waals surface area contributed by atoms with Gasteiger partial charge in [0.05, 0.1) is 17.0 Å². The Kier molecular flexibility index (Phi) is 7.16. The first-order valence-electron chi connectivity index (χ1n) is 11.3. The van der Waals surface area contributed by atoms with Gasteiger partial charge in [0, 0.05) is 17.3 Å². The van der Waals surface area contributed by atoms with Gasteiger partial charge in [0.15, 0.2) is 11.5 Å². The van der Waals surface area contributed by atoms with E-state index in [9.17, 15) is 13.2 Å². The first kappa shape index (κ1) is 24.4. The van der Waals surface area contributed by atoms with E-state index >= 15 is 0 Å². The Morgan fingerprint density at radius 3 is 2.20 bits per heavy atom. The van der Waals surface area contributed by atoms with Gasteiger partial charge in [-0.1, -0.05) is 12.1 Å². The highest BCUT2D eigenvalue weighted by Crippen LogP contribution is 2.32. The van der Waals surface area contributed by atoms with Crippen molar-refractivity contribution in [3.05, 3.63) is 77.9 Å². The lowest BCUT2D eigenvalue weighted by Gasteiger charge is -2.19. The van der Waals surface area contributed by atoms with Crippen LogP contribution >= 0.6 is 0 Å². The van der Waals surface area contributed by atoms with E-state index in [-0.39, 0.29) is 22.9 Å². The zero-order valence-corrected chi connectivity index (χ0v) is 20.6. The first-order chi connectivity index (χ1) is 16.7. The van der Waals surface area contributed by atoms with Crippen molar-refractivity contribution in [2.45, 2.75) is 37.8 Å². The highest BCUT2D eigenvalue weighted by Gasteiger charge is 2.20. The molecule has 0 bridgehead atoms. The second-order valence-electron chi connectivity index (χ2n) is 8.42. The van der Waals surface area contributed by atoms with E-state index in [0.29, 0.717) is 36.0 Å². The molecule has 3 aromatic carbocycles. The van der Waals surface area contributed by atoms with Gasteiger partial charge < -0.3 is 19.5 Å². The summed E-state index contributed by atoms with van der Waals surface area (Å²) < 4.78 is 44.7. The van der Waals surface area contributed by atoms with Crippen molar-refractivity contribution < 1.29 is 27.4 Å². The number of amides is 1. The van der Waals surface area contributed by atoms with E-state index in [2.05, 4.69) is 10.0 Å². The lowest BCUT2D eigenvalue weighted by molar-refractivity contribution is 0.0940. The van der Waals surface area contributed by atoms with Crippen LogP contribution in [0.4, 0.5) is 5.69 Å². The molecule has 8 nitrogen and oxygen atoms in total. The lowest BCUT2D eigenvalue weighted by Crippen LogP contribution is -2.26. The van der Waals surface area contributed by atoms with Gasteiger partial charge in [0.2, 0.25) is 0 Å². The Morgan fingerprint density at radius 1 is 0.886 bits per heavy atom. The average molecular weight is 497 g/mol. The summed E-state index contributed by atoms with van der Waals surface area (Å²) in [5.41, 5.74) is 1.70. The quantitative estimate of drug-likeness (QED) is 0.475. The van der Waals surface area contributed by atoms with Crippen molar-refractivity contribution in [1.29, 1.82) is 0 Å². The van der Waals surface area contributed by atoms with E-state index in [4.69, 9.17) is 14.2 Å². The predicted molar refractivity (Wildman–Crippen MR) is 133 cm³/mol. The molecular formula is C26H28N2O6S. The van der Waals surface area contributed by atoms with E-state index < -0.39 is 10.0 Å². The SMILES string of the molecule is CC(C)Oc1ccc(C(C)NC(=O)c2ccc(NS(=O)(=O)c3ccc4c(c3)OCCO4)cc2)cc1. The number of nitrogens with one attached hydrogen (secondary N) is 2. The van der Waals surface area contributed by atoms with Crippen molar-refractivity contribution in [1.82, 2.24) is 5.32 Å². The molecule has 1 atom stereocenters. The number of hydrogen-bond acceptors (Lipinski definition) is 6. The number of anilines is 1. The molecule has 3 aromatic rings. The van der Waals surface area contributed by atoms with Crippen LogP contribution in [-0.2, 0) is 10.0 Å². The van der Waals surface area contributed by atoms with Crippen LogP contribution in [0.25, 0.3) is 0 Å². The number of hydrogen-bond donors (Lipinski definition) is 2. The largest absolute Gasteiger partial charge is 0.491 e. The van der Waals surface area contributed by atoms with Crippen LogP contribution in [0, 0.1) is 0 Å². The molecule has 9 heteroatoms. The molecule has 1 amide bonds. The molecule has 184 valence electrons. The second kappa shape index (κ2) is 10.3. The molecule has 2 N–H and O–H groups in total. The molecule has 0 saturated carbocycles. The van der Waals surface area contributed by atoms with Crippen LogP contribution in [0.15, 0.2) is 71.6 Å². The summed E-state index contributed by atoms with van der Waals surface area (Å²) in [6.07, 6.45) is 0.0898. The maximum absolute atomic E-state index is 12.8.